The van der Waals surface area contributed by atoms with Gasteiger partial charge in [-0.15, -0.1) is 0 Å². The molecule has 6 heteroatoms. The first-order valence-corrected chi connectivity index (χ1v) is 7.26. The van der Waals surface area contributed by atoms with Crippen molar-refractivity contribution in [2.75, 3.05) is 6.79 Å². The Morgan fingerprint density at radius 2 is 1.95 bits per heavy atom. The first-order chi connectivity index (χ1) is 9.35. The van der Waals surface area contributed by atoms with Gasteiger partial charge in [0.2, 0.25) is 6.79 Å². The van der Waals surface area contributed by atoms with Crippen LogP contribution in [0.25, 0.3) is 10.9 Å². The average Bonchev–Trinajstić information content (AvgIpc) is 2.89. The SMILES string of the molecule is CC(C)(C)OC(=O)n1cc(I)c2cc3c(cc21)OCO3. The number of nitrogens with zero attached hydrogens (tertiary/aromatic N) is 1. The van der Waals surface area contributed by atoms with Gasteiger partial charge in [-0.05, 0) is 49.4 Å². The highest BCUT2D eigenvalue weighted by molar-refractivity contribution is 14.1. The Kier molecular flexibility index (Phi) is 3.07. The van der Waals surface area contributed by atoms with Crippen LogP contribution in [0.1, 0.15) is 20.8 Å². The molecule has 0 amide bonds. The van der Waals surface area contributed by atoms with Crippen molar-refractivity contribution in [2.45, 2.75) is 26.4 Å². The number of fused-ring (bicyclic) bond motifs is 2. The Morgan fingerprint density at radius 1 is 1.30 bits per heavy atom. The lowest BCUT2D eigenvalue weighted by Crippen LogP contribution is -2.26. The van der Waals surface area contributed by atoms with Crippen molar-refractivity contribution < 1.29 is 19.0 Å². The summed E-state index contributed by atoms with van der Waals surface area (Å²) in [6.07, 6.45) is 1.36. The third-order valence-corrected chi connectivity index (χ3v) is 3.70. The summed E-state index contributed by atoms with van der Waals surface area (Å²) in [5, 5.41) is 0.945. The molecule has 0 radical (unpaired) electrons. The highest BCUT2D eigenvalue weighted by atomic mass is 127. The predicted octanol–water partition coefficient (Wildman–Crippen LogP) is 3.76. The molecule has 2 heterocycles. The van der Waals surface area contributed by atoms with Gasteiger partial charge in [0.05, 0.1) is 5.52 Å². The van der Waals surface area contributed by atoms with E-state index in [4.69, 9.17) is 14.2 Å². The normalized spacial score (nSPS) is 13.8. The molecule has 0 fully saturated rings. The summed E-state index contributed by atoms with van der Waals surface area (Å²) in [7, 11) is 0. The van der Waals surface area contributed by atoms with Crippen LogP contribution >= 0.6 is 22.6 Å². The minimum Gasteiger partial charge on any atom is -0.454 e. The molecule has 1 aliphatic rings. The van der Waals surface area contributed by atoms with Crippen LogP contribution in [0.2, 0.25) is 0 Å². The quantitative estimate of drug-likeness (QED) is 0.646. The van der Waals surface area contributed by atoms with E-state index in [-0.39, 0.29) is 6.79 Å². The fourth-order valence-electron chi connectivity index (χ4n) is 2.04. The second-order valence-electron chi connectivity index (χ2n) is 5.55. The third kappa shape index (κ3) is 2.32. The van der Waals surface area contributed by atoms with E-state index in [2.05, 4.69) is 22.6 Å². The molecular weight excluding hydrogens is 373 g/mol. The highest BCUT2D eigenvalue weighted by Gasteiger charge is 2.23. The summed E-state index contributed by atoms with van der Waals surface area (Å²) in [5.74, 6) is 1.36. The van der Waals surface area contributed by atoms with Gasteiger partial charge in [0.15, 0.2) is 11.5 Å². The maximum absolute atomic E-state index is 12.3. The van der Waals surface area contributed by atoms with Crippen molar-refractivity contribution >= 4 is 39.6 Å². The maximum atomic E-state index is 12.3. The zero-order valence-electron chi connectivity index (χ0n) is 11.4. The average molecular weight is 387 g/mol. The van der Waals surface area contributed by atoms with Crippen molar-refractivity contribution in [1.82, 2.24) is 4.57 Å². The molecule has 3 rings (SSSR count). The van der Waals surface area contributed by atoms with Crippen molar-refractivity contribution in [3.8, 4) is 11.5 Å². The highest BCUT2D eigenvalue weighted by Crippen LogP contribution is 2.38. The van der Waals surface area contributed by atoms with Gasteiger partial charge in [0.1, 0.15) is 5.60 Å². The van der Waals surface area contributed by atoms with Gasteiger partial charge in [-0.1, -0.05) is 0 Å². The van der Waals surface area contributed by atoms with Gasteiger partial charge in [-0.2, -0.15) is 0 Å². The lowest BCUT2D eigenvalue weighted by Gasteiger charge is -2.19. The Balaban J connectivity index is 2.10. The standard InChI is InChI=1S/C14H14INO4/c1-14(2,3)20-13(17)16-6-9(15)8-4-11-12(5-10(8)16)19-7-18-11/h4-6H,7H2,1-3H3. The van der Waals surface area contributed by atoms with Crippen LogP contribution in [-0.2, 0) is 4.74 Å². The number of benzene rings is 1. The molecule has 0 unspecified atom stereocenters. The van der Waals surface area contributed by atoms with Crippen LogP contribution < -0.4 is 9.47 Å². The molecule has 2 aromatic rings. The molecule has 0 N–H and O–H groups in total. The van der Waals surface area contributed by atoms with Gasteiger partial charge in [0, 0.05) is 21.2 Å². The second-order valence-corrected chi connectivity index (χ2v) is 6.71. The molecule has 0 saturated carbocycles. The lowest BCUT2D eigenvalue weighted by molar-refractivity contribution is 0.0544. The van der Waals surface area contributed by atoms with Crippen molar-refractivity contribution in [3.63, 3.8) is 0 Å². The second kappa shape index (κ2) is 4.54. The number of halogens is 1. The van der Waals surface area contributed by atoms with E-state index in [1.54, 1.807) is 6.20 Å². The Morgan fingerprint density at radius 3 is 2.60 bits per heavy atom. The molecule has 1 aliphatic heterocycles. The van der Waals surface area contributed by atoms with Crippen LogP contribution in [0.5, 0.6) is 11.5 Å². The van der Waals surface area contributed by atoms with Crippen LogP contribution in [0, 0.1) is 3.57 Å². The molecule has 1 aromatic carbocycles. The predicted molar refractivity (Wildman–Crippen MR) is 82.4 cm³/mol. The minimum atomic E-state index is -0.532. The van der Waals surface area contributed by atoms with E-state index in [1.807, 2.05) is 32.9 Å². The summed E-state index contributed by atoms with van der Waals surface area (Å²) >= 11 is 2.19. The van der Waals surface area contributed by atoms with E-state index >= 15 is 0 Å². The van der Waals surface area contributed by atoms with Crippen LogP contribution in [-0.4, -0.2) is 23.1 Å². The molecule has 0 spiro atoms. The minimum absolute atomic E-state index is 0.213. The summed E-state index contributed by atoms with van der Waals surface area (Å²) in [4.78, 5) is 12.3. The Labute approximate surface area is 129 Å². The molecule has 0 atom stereocenters. The molecule has 1 aromatic heterocycles. The molecular formula is C14H14INO4. The zero-order valence-corrected chi connectivity index (χ0v) is 13.6. The number of hydrogen-bond donors (Lipinski definition) is 0. The van der Waals surface area contributed by atoms with Gasteiger partial charge < -0.3 is 14.2 Å². The van der Waals surface area contributed by atoms with Gasteiger partial charge >= 0.3 is 6.09 Å². The lowest BCUT2D eigenvalue weighted by atomic mass is 10.2. The largest absolute Gasteiger partial charge is 0.454 e. The van der Waals surface area contributed by atoms with Crippen LogP contribution in [0.15, 0.2) is 18.3 Å². The fourth-order valence-corrected chi connectivity index (χ4v) is 2.75. The Hall–Kier alpha value is -1.44. The molecule has 0 saturated heterocycles. The monoisotopic (exact) mass is 387 g/mol. The van der Waals surface area contributed by atoms with Crippen LogP contribution in [0.3, 0.4) is 0 Å². The topological polar surface area (TPSA) is 49.7 Å². The number of carbonyl (C=O) groups excluding carboxylic acids is 1. The summed E-state index contributed by atoms with van der Waals surface area (Å²) in [6, 6.07) is 3.70. The van der Waals surface area contributed by atoms with E-state index in [9.17, 15) is 4.79 Å². The van der Waals surface area contributed by atoms with E-state index in [0.29, 0.717) is 11.5 Å². The molecule has 0 aliphatic carbocycles. The summed E-state index contributed by atoms with van der Waals surface area (Å²) < 4.78 is 18.6. The number of ether oxygens (including phenoxy) is 3. The first kappa shape index (κ1) is 13.5. The van der Waals surface area contributed by atoms with Gasteiger partial charge in [0.25, 0.3) is 0 Å². The van der Waals surface area contributed by atoms with E-state index in [0.717, 1.165) is 14.5 Å². The molecule has 20 heavy (non-hydrogen) atoms. The summed E-state index contributed by atoms with van der Waals surface area (Å²) in [5.41, 5.74) is 0.225. The molecule has 0 bridgehead atoms. The maximum Gasteiger partial charge on any atom is 0.419 e. The van der Waals surface area contributed by atoms with Crippen molar-refractivity contribution in [2.24, 2.45) is 0 Å². The van der Waals surface area contributed by atoms with E-state index in [1.165, 1.54) is 4.57 Å². The number of hydrogen-bond acceptors (Lipinski definition) is 4. The molecule has 5 nitrogen and oxygen atoms in total. The van der Waals surface area contributed by atoms with Gasteiger partial charge in [-0.3, -0.25) is 4.57 Å². The Bertz CT molecular complexity index is 699. The fraction of sp³-hybridized carbons (Fsp3) is 0.357. The molecule has 106 valence electrons. The van der Waals surface area contributed by atoms with Gasteiger partial charge in [-0.25, -0.2) is 4.79 Å². The smallest absolute Gasteiger partial charge is 0.419 e. The van der Waals surface area contributed by atoms with Crippen molar-refractivity contribution in [3.05, 3.63) is 21.9 Å². The first-order valence-electron chi connectivity index (χ1n) is 6.19. The summed E-state index contributed by atoms with van der Waals surface area (Å²) in [6.45, 7) is 5.74. The third-order valence-electron chi connectivity index (χ3n) is 2.84. The van der Waals surface area contributed by atoms with Crippen molar-refractivity contribution in [1.29, 1.82) is 0 Å². The number of aromatic nitrogens is 1. The number of carbonyl (C=O) groups is 1. The number of rotatable bonds is 0. The zero-order chi connectivity index (χ0) is 14.5. The van der Waals surface area contributed by atoms with Crippen LogP contribution in [0.4, 0.5) is 4.79 Å². The van der Waals surface area contributed by atoms with E-state index < -0.39 is 11.7 Å².